The molecule has 1 N–H and O–H groups in total. The summed E-state index contributed by atoms with van der Waals surface area (Å²) in [6.45, 7) is 6.06. The molecule has 6 heteroatoms. The van der Waals surface area contributed by atoms with Gasteiger partial charge in [-0.1, -0.05) is 13.8 Å². The molecular formula is C14H21F2N3O. The minimum Gasteiger partial charge on any atom is -0.365 e. The number of rotatable bonds is 6. The number of aldehydes is 1. The average Bonchev–Trinajstić information content (AvgIpc) is 2.43. The van der Waals surface area contributed by atoms with E-state index in [9.17, 15) is 13.6 Å². The highest BCUT2D eigenvalue weighted by Crippen LogP contribution is 2.15. The number of anilines is 1. The Morgan fingerprint density at radius 2 is 2.15 bits per heavy atom. The molecule has 1 aliphatic heterocycles. The van der Waals surface area contributed by atoms with E-state index in [1.165, 1.54) is 6.07 Å². The van der Waals surface area contributed by atoms with Crippen LogP contribution in [0.15, 0.2) is 12.1 Å². The van der Waals surface area contributed by atoms with Crippen LogP contribution in [0.5, 0.6) is 0 Å². The van der Waals surface area contributed by atoms with E-state index < -0.39 is 5.95 Å². The molecule has 20 heavy (non-hydrogen) atoms. The summed E-state index contributed by atoms with van der Waals surface area (Å²) in [4.78, 5) is 16.2. The molecular weight excluding hydrogens is 264 g/mol. The third-order valence-electron chi connectivity index (χ3n) is 2.92. The van der Waals surface area contributed by atoms with Crippen molar-refractivity contribution in [1.29, 1.82) is 0 Å². The summed E-state index contributed by atoms with van der Waals surface area (Å²) in [5.74, 6) is -0.336. The van der Waals surface area contributed by atoms with E-state index in [2.05, 4.69) is 15.2 Å². The van der Waals surface area contributed by atoms with Crippen LogP contribution in [-0.4, -0.2) is 48.5 Å². The molecule has 0 unspecified atom stereocenters. The maximum atomic E-state index is 13.2. The molecule has 0 atom stereocenters. The molecule has 0 saturated carbocycles. The lowest BCUT2D eigenvalue weighted by Gasteiger charge is -2.39. The molecule has 0 spiro atoms. The molecule has 2 heterocycles. The number of carbonyl (C=O) groups excluding carboxylic acids is 1. The summed E-state index contributed by atoms with van der Waals surface area (Å²) >= 11 is 0. The van der Waals surface area contributed by atoms with Gasteiger partial charge in [0.2, 0.25) is 5.95 Å². The lowest BCUT2D eigenvalue weighted by molar-refractivity contribution is 0.111. The van der Waals surface area contributed by atoms with Crippen molar-refractivity contribution in [3.8, 4) is 0 Å². The number of nitrogens with zero attached hydrogens (tertiary/aromatic N) is 2. The maximum Gasteiger partial charge on any atom is 0.225 e. The molecule has 1 aromatic rings. The monoisotopic (exact) mass is 285 g/mol. The van der Waals surface area contributed by atoms with Gasteiger partial charge in [0.05, 0.1) is 18.3 Å². The number of likely N-dealkylation sites (tertiary alicyclic amines) is 1. The van der Waals surface area contributed by atoms with Gasteiger partial charge in [-0.25, -0.2) is 4.98 Å². The SMILES string of the molecule is CC.O=Cc1ccc(NC2CN(CCCF)C2)nc1F. The largest absolute Gasteiger partial charge is 0.365 e. The molecule has 0 aliphatic carbocycles. The van der Waals surface area contributed by atoms with Gasteiger partial charge in [0.1, 0.15) is 5.82 Å². The quantitative estimate of drug-likeness (QED) is 0.644. The van der Waals surface area contributed by atoms with Gasteiger partial charge in [-0.3, -0.25) is 14.1 Å². The molecule has 1 aliphatic rings. The Kier molecular flexibility index (Phi) is 7.08. The van der Waals surface area contributed by atoms with Crippen LogP contribution in [0.4, 0.5) is 14.6 Å². The summed E-state index contributed by atoms with van der Waals surface area (Å²) in [6.07, 6.45) is 0.988. The summed E-state index contributed by atoms with van der Waals surface area (Å²) in [7, 11) is 0. The normalized spacial score (nSPS) is 15.0. The zero-order chi connectivity index (χ0) is 15.0. The molecule has 1 saturated heterocycles. The van der Waals surface area contributed by atoms with E-state index in [1.807, 2.05) is 13.8 Å². The Balaban J connectivity index is 0.000000956. The fourth-order valence-corrected chi connectivity index (χ4v) is 1.95. The molecule has 4 nitrogen and oxygen atoms in total. The lowest BCUT2D eigenvalue weighted by Crippen LogP contribution is -2.54. The van der Waals surface area contributed by atoms with E-state index in [1.54, 1.807) is 6.07 Å². The second-order valence-electron chi connectivity index (χ2n) is 4.34. The number of nitrogens with one attached hydrogen (secondary N) is 1. The van der Waals surface area contributed by atoms with Crippen LogP contribution in [0.3, 0.4) is 0 Å². The molecule has 0 aromatic carbocycles. The molecule has 0 bridgehead atoms. The average molecular weight is 285 g/mol. The van der Waals surface area contributed by atoms with Crippen molar-refractivity contribution in [3.05, 3.63) is 23.6 Å². The van der Waals surface area contributed by atoms with Crippen molar-refractivity contribution in [2.24, 2.45) is 0 Å². The first kappa shape index (κ1) is 16.5. The zero-order valence-electron chi connectivity index (χ0n) is 11.9. The summed E-state index contributed by atoms with van der Waals surface area (Å²) in [6, 6.07) is 3.19. The Morgan fingerprint density at radius 1 is 1.45 bits per heavy atom. The molecule has 2 rings (SSSR count). The highest BCUT2D eigenvalue weighted by atomic mass is 19.1. The number of hydrogen-bond acceptors (Lipinski definition) is 4. The van der Waals surface area contributed by atoms with Crippen molar-refractivity contribution in [3.63, 3.8) is 0 Å². The predicted octanol–water partition coefficient (Wildman–Crippen LogP) is 2.52. The van der Waals surface area contributed by atoms with Crippen LogP contribution in [0.25, 0.3) is 0 Å². The molecule has 1 fully saturated rings. The second-order valence-corrected chi connectivity index (χ2v) is 4.34. The Labute approximate surface area is 118 Å². The van der Waals surface area contributed by atoms with Crippen LogP contribution in [0.1, 0.15) is 30.6 Å². The highest BCUT2D eigenvalue weighted by molar-refractivity contribution is 5.74. The Bertz CT molecular complexity index is 423. The smallest absolute Gasteiger partial charge is 0.225 e. The summed E-state index contributed by atoms with van der Waals surface area (Å²) in [5.41, 5.74) is -0.0428. The van der Waals surface area contributed by atoms with Crippen LogP contribution >= 0.6 is 0 Å². The van der Waals surface area contributed by atoms with Crippen molar-refractivity contribution in [1.82, 2.24) is 9.88 Å². The first-order valence-electron chi connectivity index (χ1n) is 6.89. The maximum absolute atomic E-state index is 13.2. The van der Waals surface area contributed by atoms with Gasteiger partial charge in [-0.05, 0) is 18.6 Å². The Morgan fingerprint density at radius 3 is 2.70 bits per heavy atom. The third kappa shape index (κ3) is 4.52. The van der Waals surface area contributed by atoms with Gasteiger partial charge in [-0.15, -0.1) is 0 Å². The predicted molar refractivity (Wildman–Crippen MR) is 75.4 cm³/mol. The van der Waals surface area contributed by atoms with Crippen LogP contribution < -0.4 is 5.32 Å². The number of hydrogen-bond donors (Lipinski definition) is 1. The van der Waals surface area contributed by atoms with Crippen LogP contribution in [-0.2, 0) is 0 Å². The van der Waals surface area contributed by atoms with Crippen molar-refractivity contribution in [2.45, 2.75) is 26.3 Å². The molecule has 0 radical (unpaired) electrons. The molecule has 0 amide bonds. The summed E-state index contributed by atoms with van der Waals surface area (Å²) in [5, 5.41) is 3.07. The van der Waals surface area contributed by atoms with E-state index in [-0.39, 0.29) is 18.3 Å². The van der Waals surface area contributed by atoms with E-state index in [4.69, 9.17) is 0 Å². The van der Waals surface area contributed by atoms with Gasteiger partial charge in [-0.2, -0.15) is 4.39 Å². The first-order valence-corrected chi connectivity index (χ1v) is 6.89. The van der Waals surface area contributed by atoms with Crippen LogP contribution in [0, 0.1) is 5.95 Å². The van der Waals surface area contributed by atoms with E-state index in [0.29, 0.717) is 18.5 Å². The van der Waals surface area contributed by atoms with Gasteiger partial charge in [0, 0.05) is 19.6 Å². The lowest BCUT2D eigenvalue weighted by atomic mass is 10.1. The Hall–Kier alpha value is -1.56. The van der Waals surface area contributed by atoms with Gasteiger partial charge < -0.3 is 5.32 Å². The number of alkyl halides is 1. The first-order chi connectivity index (χ1) is 9.72. The summed E-state index contributed by atoms with van der Waals surface area (Å²) < 4.78 is 25.2. The van der Waals surface area contributed by atoms with Crippen molar-refractivity contribution < 1.29 is 13.6 Å². The second kappa shape index (κ2) is 8.58. The van der Waals surface area contributed by atoms with Crippen molar-refractivity contribution in [2.75, 3.05) is 31.6 Å². The highest BCUT2D eigenvalue weighted by Gasteiger charge is 2.26. The number of halogens is 2. The third-order valence-corrected chi connectivity index (χ3v) is 2.92. The van der Waals surface area contributed by atoms with Gasteiger partial charge in [0.25, 0.3) is 0 Å². The zero-order valence-corrected chi connectivity index (χ0v) is 11.9. The van der Waals surface area contributed by atoms with Crippen molar-refractivity contribution >= 4 is 12.1 Å². The van der Waals surface area contributed by atoms with Gasteiger partial charge in [0.15, 0.2) is 6.29 Å². The minimum absolute atomic E-state index is 0.0428. The number of pyridine rings is 1. The minimum atomic E-state index is -0.761. The fourth-order valence-electron chi connectivity index (χ4n) is 1.95. The fraction of sp³-hybridized carbons (Fsp3) is 0.571. The van der Waals surface area contributed by atoms with E-state index >= 15 is 0 Å². The topological polar surface area (TPSA) is 45.2 Å². The standard InChI is InChI=1S/C12H15F2N3O.C2H6/c13-4-1-5-17-6-10(7-17)15-11-3-2-9(8-18)12(14)16-11;1-2/h2-3,8,10H,1,4-7H2,(H,15,16);1-2H3. The van der Waals surface area contributed by atoms with E-state index in [0.717, 1.165) is 19.6 Å². The van der Waals surface area contributed by atoms with Crippen LogP contribution in [0.2, 0.25) is 0 Å². The molecule has 112 valence electrons. The van der Waals surface area contributed by atoms with Gasteiger partial charge >= 0.3 is 0 Å². The number of aromatic nitrogens is 1. The molecule has 1 aromatic heterocycles. The number of carbonyl (C=O) groups is 1.